The van der Waals surface area contributed by atoms with Crippen molar-refractivity contribution >= 4 is 34.2 Å². The lowest BCUT2D eigenvalue weighted by atomic mass is 10.2. The summed E-state index contributed by atoms with van der Waals surface area (Å²) < 4.78 is 4.75. The maximum absolute atomic E-state index is 12.5. The van der Waals surface area contributed by atoms with Crippen molar-refractivity contribution in [1.29, 1.82) is 0 Å². The van der Waals surface area contributed by atoms with Gasteiger partial charge >= 0.3 is 5.97 Å². The number of nitrogens with zero attached hydrogens (tertiary/aromatic N) is 3. The van der Waals surface area contributed by atoms with E-state index in [-0.39, 0.29) is 5.91 Å². The molecule has 1 aliphatic heterocycles. The minimum Gasteiger partial charge on any atom is -0.465 e. The van der Waals surface area contributed by atoms with Crippen LogP contribution in [0, 0.1) is 0 Å². The van der Waals surface area contributed by atoms with Crippen molar-refractivity contribution in [3.63, 3.8) is 0 Å². The van der Waals surface area contributed by atoms with Crippen LogP contribution in [0.25, 0.3) is 0 Å². The summed E-state index contributed by atoms with van der Waals surface area (Å²) in [6.07, 6.45) is 3.85. The molecule has 0 radical (unpaired) electrons. The molecule has 1 amide bonds. The molecular weight excluding hydrogens is 304 g/mol. The van der Waals surface area contributed by atoms with Gasteiger partial charge in [0.05, 0.1) is 12.7 Å². The van der Waals surface area contributed by atoms with Crippen LogP contribution in [0.2, 0.25) is 0 Å². The number of hydrogen-bond donors (Lipinski definition) is 1. The van der Waals surface area contributed by atoms with E-state index in [1.54, 1.807) is 34.8 Å². The molecule has 0 aromatic carbocycles. The zero-order chi connectivity index (χ0) is 15.5. The number of amides is 1. The molecule has 8 heteroatoms. The fourth-order valence-electron chi connectivity index (χ4n) is 2.32. The SMILES string of the molecule is COC(=O)c1ccsc1N1CCC(Nc2ncccn2)C1=O. The first-order valence-electron chi connectivity index (χ1n) is 6.71. The largest absolute Gasteiger partial charge is 0.465 e. The Kier molecular flexibility index (Phi) is 4.01. The molecule has 22 heavy (non-hydrogen) atoms. The molecule has 0 aliphatic carbocycles. The number of hydrogen-bond acceptors (Lipinski definition) is 7. The topological polar surface area (TPSA) is 84.4 Å². The van der Waals surface area contributed by atoms with E-state index in [2.05, 4.69) is 15.3 Å². The van der Waals surface area contributed by atoms with Crippen LogP contribution in [-0.4, -0.2) is 41.5 Å². The van der Waals surface area contributed by atoms with Gasteiger partial charge in [-0.3, -0.25) is 4.79 Å². The third-order valence-corrected chi connectivity index (χ3v) is 4.31. The Balaban J connectivity index is 1.77. The average molecular weight is 318 g/mol. The molecule has 1 fully saturated rings. The van der Waals surface area contributed by atoms with Crippen LogP contribution in [0.5, 0.6) is 0 Å². The van der Waals surface area contributed by atoms with Crippen molar-refractivity contribution in [2.45, 2.75) is 12.5 Å². The van der Waals surface area contributed by atoms with Crippen LogP contribution in [-0.2, 0) is 9.53 Å². The Morgan fingerprint density at radius 2 is 2.23 bits per heavy atom. The summed E-state index contributed by atoms with van der Waals surface area (Å²) in [5, 5.41) is 5.41. The van der Waals surface area contributed by atoms with E-state index in [0.29, 0.717) is 29.5 Å². The van der Waals surface area contributed by atoms with E-state index in [9.17, 15) is 9.59 Å². The van der Waals surface area contributed by atoms with E-state index in [1.807, 2.05) is 0 Å². The van der Waals surface area contributed by atoms with Gasteiger partial charge in [0.15, 0.2) is 0 Å². The van der Waals surface area contributed by atoms with Crippen LogP contribution in [0.4, 0.5) is 10.9 Å². The fourth-order valence-corrected chi connectivity index (χ4v) is 3.24. The van der Waals surface area contributed by atoms with Crippen LogP contribution in [0.15, 0.2) is 29.9 Å². The number of esters is 1. The predicted octanol–water partition coefficient (Wildman–Crippen LogP) is 1.54. The fraction of sp³-hybridized carbons (Fsp3) is 0.286. The van der Waals surface area contributed by atoms with Crippen molar-refractivity contribution in [2.24, 2.45) is 0 Å². The van der Waals surface area contributed by atoms with Crippen molar-refractivity contribution < 1.29 is 14.3 Å². The monoisotopic (exact) mass is 318 g/mol. The molecule has 2 aromatic rings. The summed E-state index contributed by atoms with van der Waals surface area (Å²) in [4.78, 5) is 34.0. The highest BCUT2D eigenvalue weighted by atomic mass is 32.1. The van der Waals surface area contributed by atoms with E-state index in [4.69, 9.17) is 4.74 Å². The van der Waals surface area contributed by atoms with Gasteiger partial charge in [0.1, 0.15) is 11.0 Å². The van der Waals surface area contributed by atoms with Gasteiger partial charge in [0, 0.05) is 18.9 Å². The quantitative estimate of drug-likeness (QED) is 0.861. The minimum absolute atomic E-state index is 0.0972. The Morgan fingerprint density at radius 3 is 2.95 bits per heavy atom. The van der Waals surface area contributed by atoms with Crippen LogP contribution in [0.3, 0.4) is 0 Å². The molecule has 3 rings (SSSR count). The molecule has 114 valence electrons. The van der Waals surface area contributed by atoms with Gasteiger partial charge in [-0.25, -0.2) is 14.8 Å². The second kappa shape index (κ2) is 6.10. The number of aromatic nitrogens is 2. The molecule has 3 heterocycles. The lowest BCUT2D eigenvalue weighted by molar-refractivity contribution is -0.117. The molecule has 1 unspecified atom stereocenters. The molecule has 1 N–H and O–H groups in total. The normalized spacial score (nSPS) is 17.6. The van der Waals surface area contributed by atoms with E-state index >= 15 is 0 Å². The number of anilines is 2. The summed E-state index contributed by atoms with van der Waals surface area (Å²) in [5.74, 6) is -0.117. The smallest absolute Gasteiger partial charge is 0.340 e. The van der Waals surface area contributed by atoms with Gasteiger partial charge in [0.25, 0.3) is 0 Å². The standard InChI is InChI=1S/C14H14N4O3S/c1-21-13(20)9-4-8-22-12(9)18-7-3-10(11(18)19)17-14-15-5-2-6-16-14/h2,4-6,8,10H,3,7H2,1H3,(H,15,16,17). The molecular formula is C14H14N4O3S. The van der Waals surface area contributed by atoms with Gasteiger partial charge in [0.2, 0.25) is 11.9 Å². The summed E-state index contributed by atoms with van der Waals surface area (Å²) in [7, 11) is 1.33. The highest BCUT2D eigenvalue weighted by molar-refractivity contribution is 7.14. The van der Waals surface area contributed by atoms with E-state index in [0.717, 1.165) is 0 Å². The average Bonchev–Trinajstić information content (AvgIpc) is 3.15. The first-order valence-corrected chi connectivity index (χ1v) is 7.59. The Bertz CT molecular complexity index is 688. The maximum atomic E-state index is 12.5. The number of carbonyl (C=O) groups is 2. The van der Waals surface area contributed by atoms with Gasteiger partial charge < -0.3 is 15.0 Å². The molecule has 1 aliphatic rings. The first-order chi connectivity index (χ1) is 10.7. The Morgan fingerprint density at radius 1 is 1.45 bits per heavy atom. The van der Waals surface area contributed by atoms with Gasteiger partial charge in [-0.2, -0.15) is 0 Å². The van der Waals surface area contributed by atoms with Crippen molar-refractivity contribution in [3.8, 4) is 0 Å². The van der Waals surface area contributed by atoms with Crippen molar-refractivity contribution in [2.75, 3.05) is 23.9 Å². The third kappa shape index (κ3) is 2.64. The molecule has 1 atom stereocenters. The zero-order valence-electron chi connectivity index (χ0n) is 11.9. The number of thiophene rings is 1. The summed E-state index contributed by atoms with van der Waals surface area (Å²) in [6, 6.07) is 2.98. The molecule has 0 bridgehead atoms. The summed E-state index contributed by atoms with van der Waals surface area (Å²) >= 11 is 1.35. The lowest BCUT2D eigenvalue weighted by Gasteiger charge is -2.16. The molecule has 7 nitrogen and oxygen atoms in total. The molecule has 0 spiro atoms. The van der Waals surface area contributed by atoms with Crippen LogP contribution < -0.4 is 10.2 Å². The lowest BCUT2D eigenvalue weighted by Crippen LogP contribution is -2.34. The number of nitrogens with one attached hydrogen (secondary N) is 1. The van der Waals surface area contributed by atoms with Gasteiger partial charge in [-0.15, -0.1) is 11.3 Å². The number of carbonyl (C=O) groups excluding carboxylic acids is 2. The number of ether oxygens (including phenoxy) is 1. The highest BCUT2D eigenvalue weighted by Gasteiger charge is 2.35. The summed E-state index contributed by atoms with van der Waals surface area (Å²) in [6.45, 7) is 0.536. The van der Waals surface area contributed by atoms with Gasteiger partial charge in [-0.05, 0) is 23.9 Å². The van der Waals surface area contributed by atoms with Crippen LogP contribution >= 0.6 is 11.3 Å². The third-order valence-electron chi connectivity index (χ3n) is 3.37. The number of rotatable bonds is 4. The maximum Gasteiger partial charge on any atom is 0.340 e. The summed E-state index contributed by atoms with van der Waals surface area (Å²) in [5.41, 5.74) is 0.414. The number of methoxy groups -OCH3 is 1. The van der Waals surface area contributed by atoms with Gasteiger partial charge in [-0.1, -0.05) is 0 Å². The second-order valence-corrected chi connectivity index (χ2v) is 5.57. The molecule has 0 saturated carbocycles. The van der Waals surface area contributed by atoms with Crippen molar-refractivity contribution in [1.82, 2.24) is 9.97 Å². The Hall–Kier alpha value is -2.48. The second-order valence-electron chi connectivity index (χ2n) is 4.68. The van der Waals surface area contributed by atoms with E-state index < -0.39 is 12.0 Å². The highest BCUT2D eigenvalue weighted by Crippen LogP contribution is 2.32. The molecule has 2 aromatic heterocycles. The van der Waals surface area contributed by atoms with E-state index in [1.165, 1.54) is 18.4 Å². The molecule has 1 saturated heterocycles. The Labute approximate surface area is 130 Å². The first kappa shape index (κ1) is 14.5. The zero-order valence-corrected chi connectivity index (χ0v) is 12.7. The predicted molar refractivity (Wildman–Crippen MR) is 82.1 cm³/mol. The van der Waals surface area contributed by atoms with Crippen LogP contribution in [0.1, 0.15) is 16.8 Å². The van der Waals surface area contributed by atoms with Crippen molar-refractivity contribution in [3.05, 3.63) is 35.5 Å². The minimum atomic E-state index is -0.438.